The molecule has 2 rings (SSSR count). The highest BCUT2D eigenvalue weighted by atomic mass is 79.9. The molecule has 0 bridgehead atoms. The number of rotatable bonds is 2. The zero-order chi connectivity index (χ0) is 10.7. The molecule has 1 aliphatic rings. The van der Waals surface area contributed by atoms with Gasteiger partial charge >= 0.3 is 0 Å². The van der Waals surface area contributed by atoms with Crippen molar-refractivity contribution in [3.8, 4) is 0 Å². The second-order valence-corrected chi connectivity index (χ2v) is 4.77. The molecule has 0 aromatic heterocycles. The van der Waals surface area contributed by atoms with Gasteiger partial charge in [0.1, 0.15) is 0 Å². The molecule has 1 aromatic carbocycles. The first-order valence-corrected chi connectivity index (χ1v) is 6.10. The number of nitrogens with zero attached hydrogens (tertiary/aromatic N) is 1. The Balaban J connectivity index is 2.04. The van der Waals surface area contributed by atoms with Crippen molar-refractivity contribution in [3.63, 3.8) is 0 Å². The molecule has 0 radical (unpaired) electrons. The van der Waals surface area contributed by atoms with Crippen LogP contribution in [0, 0.1) is 0 Å². The van der Waals surface area contributed by atoms with Crippen LogP contribution in [0.5, 0.6) is 0 Å². The van der Waals surface area contributed by atoms with Crippen molar-refractivity contribution in [2.45, 2.75) is 25.8 Å². The van der Waals surface area contributed by atoms with Crippen LogP contribution in [0.1, 0.15) is 31.4 Å². The van der Waals surface area contributed by atoms with Crippen molar-refractivity contribution in [2.75, 3.05) is 6.54 Å². The van der Waals surface area contributed by atoms with E-state index in [0.717, 1.165) is 23.3 Å². The van der Waals surface area contributed by atoms with Crippen LogP contribution >= 0.6 is 15.9 Å². The summed E-state index contributed by atoms with van der Waals surface area (Å²) in [7, 11) is 0. The Labute approximate surface area is 98.9 Å². The SMILES string of the molecule is C[C@@H](NC1=NCCC1)c1cccc(Br)c1. The number of amidine groups is 1. The molecular weight excluding hydrogens is 252 g/mol. The summed E-state index contributed by atoms with van der Waals surface area (Å²) in [6.07, 6.45) is 2.28. The van der Waals surface area contributed by atoms with Gasteiger partial charge in [-0.3, -0.25) is 4.99 Å². The zero-order valence-electron chi connectivity index (χ0n) is 8.83. The van der Waals surface area contributed by atoms with Gasteiger partial charge < -0.3 is 5.32 Å². The maximum atomic E-state index is 4.42. The molecule has 0 aliphatic carbocycles. The lowest BCUT2D eigenvalue weighted by molar-refractivity contribution is 0.709. The summed E-state index contributed by atoms with van der Waals surface area (Å²) in [6.45, 7) is 3.15. The van der Waals surface area contributed by atoms with Crippen LogP contribution in [-0.4, -0.2) is 12.4 Å². The van der Waals surface area contributed by atoms with Gasteiger partial charge in [-0.15, -0.1) is 0 Å². The van der Waals surface area contributed by atoms with E-state index < -0.39 is 0 Å². The molecule has 2 nitrogen and oxygen atoms in total. The molecule has 80 valence electrons. The smallest absolute Gasteiger partial charge is 0.0968 e. The number of nitrogens with one attached hydrogen (secondary N) is 1. The first kappa shape index (κ1) is 10.7. The van der Waals surface area contributed by atoms with Gasteiger partial charge in [0.25, 0.3) is 0 Å². The fourth-order valence-electron chi connectivity index (χ4n) is 1.77. The number of aliphatic imine (C=N–C) groups is 1. The summed E-state index contributed by atoms with van der Waals surface area (Å²) in [5.41, 5.74) is 1.29. The van der Waals surface area contributed by atoms with E-state index in [1.54, 1.807) is 0 Å². The van der Waals surface area contributed by atoms with Crippen LogP contribution in [0.4, 0.5) is 0 Å². The van der Waals surface area contributed by atoms with E-state index in [4.69, 9.17) is 0 Å². The van der Waals surface area contributed by atoms with Crippen LogP contribution in [0.3, 0.4) is 0 Å². The predicted molar refractivity (Wildman–Crippen MR) is 67.2 cm³/mol. The minimum absolute atomic E-state index is 0.333. The van der Waals surface area contributed by atoms with E-state index in [0.29, 0.717) is 6.04 Å². The van der Waals surface area contributed by atoms with E-state index in [-0.39, 0.29) is 0 Å². The van der Waals surface area contributed by atoms with Gasteiger partial charge in [-0.1, -0.05) is 28.1 Å². The van der Waals surface area contributed by atoms with Gasteiger partial charge in [-0.05, 0) is 31.0 Å². The van der Waals surface area contributed by atoms with Crippen molar-refractivity contribution in [1.82, 2.24) is 5.32 Å². The summed E-state index contributed by atoms with van der Waals surface area (Å²) >= 11 is 3.49. The van der Waals surface area contributed by atoms with Gasteiger partial charge in [-0.2, -0.15) is 0 Å². The largest absolute Gasteiger partial charge is 0.367 e. The third-order valence-corrected chi connectivity index (χ3v) is 3.10. The second-order valence-electron chi connectivity index (χ2n) is 3.85. The molecule has 0 saturated carbocycles. The molecule has 0 fully saturated rings. The first-order chi connectivity index (χ1) is 7.25. The number of halogens is 1. The Hall–Kier alpha value is -0.830. The van der Waals surface area contributed by atoms with Gasteiger partial charge in [0.15, 0.2) is 0 Å². The lowest BCUT2D eigenvalue weighted by Gasteiger charge is -2.15. The molecule has 3 heteroatoms. The average molecular weight is 267 g/mol. The quantitative estimate of drug-likeness (QED) is 0.873. The molecule has 1 heterocycles. The molecule has 0 amide bonds. The highest BCUT2D eigenvalue weighted by Crippen LogP contribution is 2.18. The van der Waals surface area contributed by atoms with Gasteiger partial charge in [0.05, 0.1) is 5.84 Å². The fraction of sp³-hybridized carbons (Fsp3) is 0.417. The molecular formula is C12H15BrN2. The molecule has 1 atom stereocenters. The Morgan fingerprint density at radius 1 is 1.47 bits per heavy atom. The van der Waals surface area contributed by atoms with Crippen molar-refractivity contribution < 1.29 is 0 Å². The van der Waals surface area contributed by atoms with E-state index in [1.807, 2.05) is 6.07 Å². The summed E-state index contributed by atoms with van der Waals surface area (Å²) in [5, 5.41) is 3.45. The molecule has 0 spiro atoms. The van der Waals surface area contributed by atoms with Crippen LogP contribution in [0.2, 0.25) is 0 Å². The second kappa shape index (κ2) is 4.79. The fourth-order valence-corrected chi connectivity index (χ4v) is 2.18. The molecule has 1 N–H and O–H groups in total. The monoisotopic (exact) mass is 266 g/mol. The highest BCUT2D eigenvalue weighted by molar-refractivity contribution is 9.10. The third kappa shape index (κ3) is 2.81. The Morgan fingerprint density at radius 2 is 2.33 bits per heavy atom. The normalized spacial score (nSPS) is 17.3. The Bertz CT molecular complexity index is 374. The molecule has 0 saturated heterocycles. The summed E-state index contributed by atoms with van der Waals surface area (Å²) in [5.74, 6) is 1.16. The average Bonchev–Trinajstić information content (AvgIpc) is 2.70. The molecule has 15 heavy (non-hydrogen) atoms. The minimum atomic E-state index is 0.333. The van der Waals surface area contributed by atoms with Crippen LogP contribution in [-0.2, 0) is 0 Å². The molecule has 1 aliphatic heterocycles. The van der Waals surface area contributed by atoms with Gasteiger partial charge in [0, 0.05) is 23.5 Å². The van der Waals surface area contributed by atoms with Crippen LogP contribution in [0.25, 0.3) is 0 Å². The standard InChI is InChI=1S/C12H15BrN2/c1-9(15-12-6-3-7-14-12)10-4-2-5-11(13)8-10/h2,4-5,8-9H,3,6-7H2,1H3,(H,14,15)/t9-/m1/s1. The maximum Gasteiger partial charge on any atom is 0.0968 e. The lowest BCUT2D eigenvalue weighted by Crippen LogP contribution is -2.24. The zero-order valence-corrected chi connectivity index (χ0v) is 10.4. The van der Waals surface area contributed by atoms with Crippen molar-refractivity contribution in [3.05, 3.63) is 34.3 Å². The number of hydrogen-bond acceptors (Lipinski definition) is 2. The van der Waals surface area contributed by atoms with Crippen LogP contribution < -0.4 is 5.32 Å². The topological polar surface area (TPSA) is 24.4 Å². The maximum absolute atomic E-state index is 4.42. The summed E-state index contributed by atoms with van der Waals surface area (Å²) < 4.78 is 1.13. The number of hydrogen-bond donors (Lipinski definition) is 1. The number of benzene rings is 1. The highest BCUT2D eigenvalue weighted by Gasteiger charge is 2.10. The van der Waals surface area contributed by atoms with E-state index >= 15 is 0 Å². The first-order valence-electron chi connectivity index (χ1n) is 5.31. The van der Waals surface area contributed by atoms with Gasteiger partial charge in [0.2, 0.25) is 0 Å². The lowest BCUT2D eigenvalue weighted by atomic mass is 10.1. The van der Waals surface area contributed by atoms with Crippen molar-refractivity contribution in [1.29, 1.82) is 0 Å². The van der Waals surface area contributed by atoms with Crippen molar-refractivity contribution >= 4 is 21.8 Å². The van der Waals surface area contributed by atoms with E-state index in [9.17, 15) is 0 Å². The van der Waals surface area contributed by atoms with E-state index in [2.05, 4.69) is 51.4 Å². The predicted octanol–water partition coefficient (Wildman–Crippen LogP) is 3.29. The van der Waals surface area contributed by atoms with Gasteiger partial charge in [-0.25, -0.2) is 0 Å². The summed E-state index contributed by atoms with van der Waals surface area (Å²) in [4.78, 5) is 4.42. The van der Waals surface area contributed by atoms with Crippen molar-refractivity contribution in [2.24, 2.45) is 4.99 Å². The Morgan fingerprint density at radius 3 is 3.00 bits per heavy atom. The molecule has 0 unspecified atom stereocenters. The summed E-state index contributed by atoms with van der Waals surface area (Å²) in [6, 6.07) is 8.72. The Kier molecular flexibility index (Phi) is 3.41. The third-order valence-electron chi connectivity index (χ3n) is 2.61. The van der Waals surface area contributed by atoms with Crippen LogP contribution in [0.15, 0.2) is 33.7 Å². The molecule has 1 aromatic rings. The van der Waals surface area contributed by atoms with E-state index in [1.165, 1.54) is 12.0 Å². The minimum Gasteiger partial charge on any atom is -0.367 e.